The fraction of sp³-hybridized carbons (Fsp3) is 0.500. The van der Waals surface area contributed by atoms with Gasteiger partial charge < -0.3 is 0 Å². The highest BCUT2D eigenvalue weighted by atomic mass is 16.1. The summed E-state index contributed by atoms with van der Waals surface area (Å²) in [5.41, 5.74) is 2.12. The molecule has 2 rings (SSSR count). The first-order chi connectivity index (χ1) is 7.68. The molecule has 0 aliphatic carbocycles. The van der Waals surface area contributed by atoms with Crippen LogP contribution in [0, 0.1) is 0 Å². The Morgan fingerprint density at radius 2 is 2.19 bits per heavy atom. The highest BCUT2D eigenvalue weighted by Gasteiger charge is 2.20. The minimum atomic E-state index is 0.153. The van der Waals surface area contributed by atoms with Crippen molar-refractivity contribution in [2.24, 2.45) is 0 Å². The van der Waals surface area contributed by atoms with E-state index in [4.69, 9.17) is 0 Å². The number of benzene rings is 1. The Kier molecular flexibility index (Phi) is 3.39. The van der Waals surface area contributed by atoms with Gasteiger partial charge in [-0.3, -0.25) is 9.69 Å². The summed E-state index contributed by atoms with van der Waals surface area (Å²) in [7, 11) is 2.17. The van der Waals surface area contributed by atoms with E-state index in [0.717, 1.165) is 12.1 Å². The molecule has 0 spiro atoms. The normalized spacial score (nSPS) is 22.0. The molecule has 2 nitrogen and oxygen atoms in total. The molecule has 1 aromatic rings. The van der Waals surface area contributed by atoms with Crippen molar-refractivity contribution in [2.75, 3.05) is 13.6 Å². The number of piperidine rings is 1. The number of rotatable bonds is 2. The van der Waals surface area contributed by atoms with Crippen molar-refractivity contribution in [2.45, 2.75) is 32.2 Å². The summed E-state index contributed by atoms with van der Waals surface area (Å²) in [4.78, 5) is 13.7. The molecular formula is C14H19NO. The fourth-order valence-electron chi connectivity index (χ4n) is 2.46. The van der Waals surface area contributed by atoms with Crippen molar-refractivity contribution in [1.29, 1.82) is 0 Å². The van der Waals surface area contributed by atoms with Gasteiger partial charge in [0.05, 0.1) is 0 Å². The highest BCUT2D eigenvalue weighted by Crippen LogP contribution is 2.29. The third-order valence-corrected chi connectivity index (χ3v) is 3.45. The number of nitrogens with zero attached hydrogens (tertiary/aromatic N) is 1. The Morgan fingerprint density at radius 1 is 1.38 bits per heavy atom. The van der Waals surface area contributed by atoms with Gasteiger partial charge in [0.1, 0.15) is 0 Å². The second-order valence-corrected chi connectivity index (χ2v) is 4.67. The van der Waals surface area contributed by atoms with Gasteiger partial charge >= 0.3 is 0 Å². The maximum atomic E-state index is 11.3. The molecule has 0 aromatic heterocycles. The van der Waals surface area contributed by atoms with Crippen molar-refractivity contribution in [1.82, 2.24) is 4.90 Å². The minimum absolute atomic E-state index is 0.153. The lowest BCUT2D eigenvalue weighted by molar-refractivity contribution is 0.101. The standard InChI is InChI=1S/C14H19NO/c1-11(16)12-6-5-7-13(10-12)14-8-3-4-9-15(14)2/h5-7,10,14H,3-4,8-9H2,1-2H3. The van der Waals surface area contributed by atoms with Crippen LogP contribution in [0.3, 0.4) is 0 Å². The Hall–Kier alpha value is -1.15. The van der Waals surface area contributed by atoms with Crippen molar-refractivity contribution in [3.8, 4) is 0 Å². The molecule has 16 heavy (non-hydrogen) atoms. The van der Waals surface area contributed by atoms with Crippen LogP contribution in [-0.2, 0) is 0 Å². The van der Waals surface area contributed by atoms with Gasteiger partial charge in [0.15, 0.2) is 5.78 Å². The Labute approximate surface area is 97.3 Å². The molecule has 1 heterocycles. The fourth-order valence-corrected chi connectivity index (χ4v) is 2.46. The largest absolute Gasteiger partial charge is 0.299 e. The average Bonchev–Trinajstić information content (AvgIpc) is 2.30. The van der Waals surface area contributed by atoms with Crippen LogP contribution >= 0.6 is 0 Å². The monoisotopic (exact) mass is 217 g/mol. The van der Waals surface area contributed by atoms with Gasteiger partial charge in [0.25, 0.3) is 0 Å². The van der Waals surface area contributed by atoms with Crippen LogP contribution in [0.5, 0.6) is 0 Å². The summed E-state index contributed by atoms with van der Waals surface area (Å²) in [5.74, 6) is 0.153. The molecule has 0 amide bonds. The summed E-state index contributed by atoms with van der Waals surface area (Å²) in [6.45, 7) is 2.79. The van der Waals surface area contributed by atoms with Crippen molar-refractivity contribution < 1.29 is 4.79 Å². The van der Waals surface area contributed by atoms with Gasteiger partial charge in [-0.05, 0) is 45.0 Å². The smallest absolute Gasteiger partial charge is 0.159 e. The van der Waals surface area contributed by atoms with E-state index in [9.17, 15) is 4.79 Å². The summed E-state index contributed by atoms with van der Waals surface area (Å²) < 4.78 is 0. The van der Waals surface area contributed by atoms with E-state index in [0.29, 0.717) is 6.04 Å². The number of carbonyl (C=O) groups is 1. The SMILES string of the molecule is CC(=O)c1cccc(C2CCCCN2C)c1. The zero-order chi connectivity index (χ0) is 11.5. The second-order valence-electron chi connectivity index (χ2n) is 4.67. The summed E-state index contributed by atoms with van der Waals surface area (Å²) in [6, 6.07) is 8.57. The summed E-state index contributed by atoms with van der Waals surface area (Å²) in [6.07, 6.45) is 3.79. The maximum absolute atomic E-state index is 11.3. The number of Topliss-reactive ketones (excluding diaryl/α,β-unsaturated/α-hetero) is 1. The Morgan fingerprint density at radius 3 is 2.88 bits per heavy atom. The number of hydrogen-bond acceptors (Lipinski definition) is 2. The molecule has 1 aliphatic rings. The Bertz CT molecular complexity index is 386. The van der Waals surface area contributed by atoms with Gasteiger partial charge in [0.2, 0.25) is 0 Å². The highest BCUT2D eigenvalue weighted by molar-refractivity contribution is 5.94. The van der Waals surface area contributed by atoms with E-state index < -0.39 is 0 Å². The van der Waals surface area contributed by atoms with Crippen LogP contribution in [0.15, 0.2) is 24.3 Å². The molecule has 0 radical (unpaired) electrons. The van der Waals surface area contributed by atoms with Crippen molar-refractivity contribution in [3.05, 3.63) is 35.4 Å². The molecule has 1 unspecified atom stereocenters. The van der Waals surface area contributed by atoms with Crippen molar-refractivity contribution in [3.63, 3.8) is 0 Å². The van der Waals surface area contributed by atoms with E-state index in [-0.39, 0.29) is 5.78 Å². The minimum Gasteiger partial charge on any atom is -0.299 e. The van der Waals surface area contributed by atoms with Crippen LogP contribution in [0.1, 0.15) is 48.1 Å². The van der Waals surface area contributed by atoms with Crippen LogP contribution < -0.4 is 0 Å². The molecule has 1 aromatic carbocycles. The maximum Gasteiger partial charge on any atom is 0.159 e. The van der Waals surface area contributed by atoms with E-state index in [1.54, 1.807) is 6.92 Å². The molecule has 2 heteroatoms. The van der Waals surface area contributed by atoms with Gasteiger partial charge in [0, 0.05) is 11.6 Å². The lowest BCUT2D eigenvalue weighted by Gasteiger charge is -2.32. The Balaban J connectivity index is 2.25. The zero-order valence-electron chi connectivity index (χ0n) is 10.1. The van der Waals surface area contributed by atoms with Gasteiger partial charge in [-0.15, -0.1) is 0 Å². The molecule has 1 aliphatic heterocycles. The zero-order valence-corrected chi connectivity index (χ0v) is 10.1. The number of carbonyl (C=O) groups excluding carboxylic acids is 1. The van der Waals surface area contributed by atoms with E-state index in [1.165, 1.54) is 24.8 Å². The van der Waals surface area contributed by atoms with Crippen LogP contribution in [0.2, 0.25) is 0 Å². The van der Waals surface area contributed by atoms with Crippen LogP contribution in [0.25, 0.3) is 0 Å². The molecule has 0 bridgehead atoms. The molecule has 1 fully saturated rings. The van der Waals surface area contributed by atoms with Crippen molar-refractivity contribution >= 4 is 5.78 Å². The van der Waals surface area contributed by atoms with E-state index >= 15 is 0 Å². The van der Waals surface area contributed by atoms with Gasteiger partial charge in [-0.2, -0.15) is 0 Å². The lowest BCUT2D eigenvalue weighted by Crippen LogP contribution is -2.29. The summed E-state index contributed by atoms with van der Waals surface area (Å²) >= 11 is 0. The average molecular weight is 217 g/mol. The van der Waals surface area contributed by atoms with Gasteiger partial charge in [-0.1, -0.05) is 24.6 Å². The molecule has 86 valence electrons. The van der Waals surface area contributed by atoms with E-state index in [1.807, 2.05) is 12.1 Å². The second kappa shape index (κ2) is 4.79. The topological polar surface area (TPSA) is 20.3 Å². The number of ketones is 1. The molecule has 1 atom stereocenters. The number of likely N-dealkylation sites (tertiary alicyclic amines) is 1. The summed E-state index contributed by atoms with van der Waals surface area (Å²) in [5, 5.41) is 0. The molecule has 0 saturated carbocycles. The first-order valence-corrected chi connectivity index (χ1v) is 5.99. The molecule has 1 saturated heterocycles. The predicted octanol–water partition coefficient (Wildman–Crippen LogP) is 3.05. The van der Waals surface area contributed by atoms with Crippen LogP contribution in [-0.4, -0.2) is 24.3 Å². The first kappa shape index (κ1) is 11.3. The quantitative estimate of drug-likeness (QED) is 0.710. The lowest BCUT2D eigenvalue weighted by atomic mass is 9.94. The number of hydrogen-bond donors (Lipinski definition) is 0. The third kappa shape index (κ3) is 2.33. The van der Waals surface area contributed by atoms with E-state index in [2.05, 4.69) is 24.1 Å². The first-order valence-electron chi connectivity index (χ1n) is 5.99. The van der Waals surface area contributed by atoms with Crippen LogP contribution in [0.4, 0.5) is 0 Å². The third-order valence-electron chi connectivity index (χ3n) is 3.45. The molecular weight excluding hydrogens is 198 g/mol. The van der Waals surface area contributed by atoms with Gasteiger partial charge in [-0.25, -0.2) is 0 Å². The molecule has 0 N–H and O–H groups in total. The predicted molar refractivity (Wildman–Crippen MR) is 65.7 cm³/mol.